The Hall–Kier alpha value is -1.37. The number of nitrogens with zero attached hydrogens (tertiary/aromatic N) is 2. The summed E-state index contributed by atoms with van der Waals surface area (Å²) < 4.78 is 1.12. The van der Waals surface area contributed by atoms with Crippen LogP contribution >= 0.6 is 28.1 Å². The van der Waals surface area contributed by atoms with E-state index in [0.717, 1.165) is 35.8 Å². The number of aromatic amines is 1. The molecule has 2 heterocycles. The molecule has 0 unspecified atom stereocenters. The molecule has 4 rings (SSSR count). The Balaban J connectivity index is 1.72. The van der Waals surface area contributed by atoms with Gasteiger partial charge in [0.25, 0.3) is 0 Å². The minimum Gasteiger partial charge on any atom is -0.355 e. The van der Waals surface area contributed by atoms with E-state index in [0.29, 0.717) is 6.04 Å². The van der Waals surface area contributed by atoms with Gasteiger partial charge in [0.2, 0.25) is 0 Å². The van der Waals surface area contributed by atoms with Crippen molar-refractivity contribution in [2.75, 3.05) is 26.7 Å². The number of thiocarbonyl (C=S) groups is 1. The summed E-state index contributed by atoms with van der Waals surface area (Å²) in [6, 6.07) is 7.21. The number of halogens is 1. The lowest BCUT2D eigenvalue weighted by Crippen LogP contribution is -2.52. The highest BCUT2D eigenvalue weighted by Gasteiger charge is 2.34. The van der Waals surface area contributed by atoms with E-state index in [4.69, 9.17) is 12.2 Å². The third-order valence-electron chi connectivity index (χ3n) is 5.70. The second-order valence-electron chi connectivity index (χ2n) is 7.16. The summed E-state index contributed by atoms with van der Waals surface area (Å²) in [6.07, 6.45) is 3.44. The van der Waals surface area contributed by atoms with Crippen molar-refractivity contribution in [1.82, 2.24) is 20.1 Å². The molecule has 1 aromatic carbocycles. The van der Waals surface area contributed by atoms with Gasteiger partial charge in [-0.3, -0.25) is 4.90 Å². The predicted octanol–water partition coefficient (Wildman–Crippen LogP) is 3.77. The topological polar surface area (TPSA) is 34.3 Å². The van der Waals surface area contributed by atoms with Crippen LogP contribution in [0.15, 0.2) is 28.9 Å². The maximum atomic E-state index is 5.63. The van der Waals surface area contributed by atoms with Gasteiger partial charge in [-0.1, -0.05) is 18.2 Å². The summed E-state index contributed by atoms with van der Waals surface area (Å²) in [5.74, 6) is 0. The van der Waals surface area contributed by atoms with Crippen LogP contribution in [0.5, 0.6) is 0 Å². The van der Waals surface area contributed by atoms with Crippen molar-refractivity contribution < 1.29 is 0 Å². The maximum absolute atomic E-state index is 5.63. The summed E-state index contributed by atoms with van der Waals surface area (Å²) in [7, 11) is 2.22. The van der Waals surface area contributed by atoms with Gasteiger partial charge >= 0.3 is 0 Å². The average Bonchev–Trinajstić information content (AvgIpc) is 2.94. The molecule has 0 saturated carbocycles. The third kappa shape index (κ3) is 2.88. The van der Waals surface area contributed by atoms with Crippen LogP contribution in [0.25, 0.3) is 16.5 Å². The highest BCUT2D eigenvalue weighted by molar-refractivity contribution is 9.10. The molecule has 0 saturated heterocycles. The summed E-state index contributed by atoms with van der Waals surface area (Å²) in [6.45, 7) is 7.12. The van der Waals surface area contributed by atoms with Crippen molar-refractivity contribution in [1.29, 1.82) is 0 Å². The number of H-pyrrole nitrogens is 1. The molecule has 1 aliphatic carbocycles. The highest BCUT2D eigenvalue weighted by Crippen LogP contribution is 2.42. The van der Waals surface area contributed by atoms with Crippen molar-refractivity contribution in [3.05, 3.63) is 40.0 Å². The third-order valence-corrected chi connectivity index (χ3v) is 6.75. The number of hydrogen-bond donors (Lipinski definition) is 2. The molecule has 138 valence electrons. The van der Waals surface area contributed by atoms with Crippen molar-refractivity contribution in [2.24, 2.45) is 0 Å². The highest BCUT2D eigenvalue weighted by atomic mass is 79.9. The van der Waals surface area contributed by atoms with E-state index in [9.17, 15) is 0 Å². The zero-order valence-corrected chi connectivity index (χ0v) is 17.9. The Kier molecular flexibility index (Phi) is 4.84. The number of hydrogen-bond acceptors (Lipinski definition) is 2. The maximum Gasteiger partial charge on any atom is 0.169 e. The lowest BCUT2D eigenvalue weighted by molar-refractivity contribution is 0.260. The van der Waals surface area contributed by atoms with Gasteiger partial charge in [-0.2, -0.15) is 0 Å². The van der Waals surface area contributed by atoms with Gasteiger partial charge in [0, 0.05) is 36.6 Å². The molecule has 0 radical (unpaired) electrons. The predicted molar refractivity (Wildman–Crippen MR) is 117 cm³/mol. The Morgan fingerprint density at radius 1 is 1.38 bits per heavy atom. The van der Waals surface area contributed by atoms with E-state index in [-0.39, 0.29) is 6.04 Å². The second-order valence-corrected chi connectivity index (χ2v) is 8.34. The van der Waals surface area contributed by atoms with E-state index in [1.165, 1.54) is 27.6 Å². The first-order valence-corrected chi connectivity index (χ1v) is 10.5. The zero-order valence-electron chi connectivity index (χ0n) is 15.5. The Morgan fingerprint density at radius 2 is 2.15 bits per heavy atom. The van der Waals surface area contributed by atoms with Gasteiger partial charge in [0.1, 0.15) is 0 Å². The Bertz CT molecular complexity index is 883. The van der Waals surface area contributed by atoms with E-state index in [1.54, 1.807) is 0 Å². The lowest BCUT2D eigenvalue weighted by Gasteiger charge is -2.41. The van der Waals surface area contributed by atoms with E-state index < -0.39 is 0 Å². The number of nitrogens with one attached hydrogen (secondary N) is 2. The minimum atomic E-state index is 0.235. The van der Waals surface area contributed by atoms with Crippen LogP contribution < -0.4 is 5.32 Å². The van der Waals surface area contributed by atoms with E-state index in [2.05, 4.69) is 81.2 Å². The first kappa shape index (κ1) is 18.0. The van der Waals surface area contributed by atoms with E-state index in [1.807, 2.05) is 0 Å². The second kappa shape index (κ2) is 6.98. The van der Waals surface area contributed by atoms with Crippen molar-refractivity contribution in [2.45, 2.75) is 32.4 Å². The summed E-state index contributed by atoms with van der Waals surface area (Å²) >= 11 is 9.35. The molecule has 2 atom stereocenters. The van der Waals surface area contributed by atoms with Crippen LogP contribution in [0.3, 0.4) is 0 Å². The molecule has 4 nitrogen and oxygen atoms in total. The number of rotatable bonds is 3. The van der Waals surface area contributed by atoms with Crippen LogP contribution in [0.2, 0.25) is 0 Å². The van der Waals surface area contributed by atoms with Crippen molar-refractivity contribution in [3.63, 3.8) is 0 Å². The smallest absolute Gasteiger partial charge is 0.169 e. The van der Waals surface area contributed by atoms with Gasteiger partial charge in [-0.15, -0.1) is 0 Å². The fraction of sp³-hybridized carbons (Fsp3) is 0.450. The van der Waals surface area contributed by atoms with Crippen LogP contribution in [0, 0.1) is 0 Å². The summed E-state index contributed by atoms with van der Waals surface area (Å²) in [4.78, 5) is 8.14. The summed E-state index contributed by atoms with van der Waals surface area (Å²) in [5, 5.41) is 5.78. The molecule has 0 spiro atoms. The Labute approximate surface area is 168 Å². The van der Waals surface area contributed by atoms with Gasteiger partial charge in [-0.25, -0.2) is 0 Å². The first-order chi connectivity index (χ1) is 12.5. The molecule has 2 N–H and O–H groups in total. The molecule has 0 fully saturated rings. The molecule has 2 aromatic rings. The monoisotopic (exact) mass is 432 g/mol. The standard InChI is InChI=1S/C20H25BrN4S/c1-4-25(5-2)20(26)22-12-9-14-13-7-6-8-16-18(13)15(19(21)23-16)10-17(14)24(3)11-12/h6-9,12,17,23H,4-5,10-11H2,1-3H3,(H,22,26)/t12-,17+/m0/s1. The molecule has 2 aliphatic rings. The van der Waals surface area contributed by atoms with Crippen LogP contribution in [0.4, 0.5) is 0 Å². The fourth-order valence-corrected chi connectivity index (χ4v) is 5.33. The van der Waals surface area contributed by atoms with Gasteiger partial charge in [-0.05, 0) is 78.2 Å². The SMILES string of the molecule is CCN(CC)C(=S)N[C@H]1C=C2c3cccc4[nH]c(Br)c(c34)C[C@H]2N(C)C1. The molecule has 6 heteroatoms. The number of likely N-dealkylation sites (N-methyl/N-ethyl adjacent to an activating group) is 1. The molecule has 0 bridgehead atoms. The molecule has 0 amide bonds. The van der Waals surface area contributed by atoms with Crippen molar-refractivity contribution >= 4 is 49.7 Å². The number of benzene rings is 1. The van der Waals surface area contributed by atoms with Gasteiger partial charge < -0.3 is 15.2 Å². The quantitative estimate of drug-likeness (QED) is 0.723. The van der Waals surface area contributed by atoms with Crippen LogP contribution in [-0.2, 0) is 6.42 Å². The van der Waals surface area contributed by atoms with Gasteiger partial charge in [0.15, 0.2) is 5.11 Å². The lowest BCUT2D eigenvalue weighted by atomic mass is 9.81. The number of aromatic nitrogens is 1. The molecule has 1 aliphatic heterocycles. The molecule has 1 aromatic heterocycles. The molecule has 26 heavy (non-hydrogen) atoms. The molecular formula is C20H25BrN4S. The Morgan fingerprint density at radius 3 is 2.88 bits per heavy atom. The average molecular weight is 433 g/mol. The van der Waals surface area contributed by atoms with Crippen LogP contribution in [-0.4, -0.2) is 58.7 Å². The zero-order chi connectivity index (χ0) is 18.4. The molecular weight excluding hydrogens is 408 g/mol. The normalized spacial score (nSPS) is 22.1. The largest absolute Gasteiger partial charge is 0.355 e. The van der Waals surface area contributed by atoms with Crippen molar-refractivity contribution in [3.8, 4) is 0 Å². The first-order valence-electron chi connectivity index (χ1n) is 9.30. The minimum absolute atomic E-state index is 0.235. The summed E-state index contributed by atoms with van der Waals surface area (Å²) in [5.41, 5.74) is 5.38. The van der Waals surface area contributed by atoms with Gasteiger partial charge in [0.05, 0.1) is 10.6 Å². The number of fused-ring (bicyclic) bond motifs is 2. The fourth-order valence-electron chi connectivity index (χ4n) is 4.35. The van der Waals surface area contributed by atoms with E-state index >= 15 is 0 Å². The van der Waals surface area contributed by atoms with Crippen LogP contribution in [0.1, 0.15) is 25.0 Å².